The predicted molar refractivity (Wildman–Crippen MR) is 110 cm³/mol. The maximum absolute atomic E-state index is 14.0. The first-order valence-electron chi connectivity index (χ1n) is 10.5. The Morgan fingerprint density at radius 1 is 1.03 bits per heavy atom. The molecule has 2 aliphatic rings. The molecule has 5 nitrogen and oxygen atoms in total. The van der Waals surface area contributed by atoms with Gasteiger partial charge in [-0.2, -0.15) is 0 Å². The van der Waals surface area contributed by atoms with Crippen molar-refractivity contribution in [1.82, 2.24) is 4.90 Å². The van der Waals surface area contributed by atoms with Crippen LogP contribution in [0.25, 0.3) is 0 Å². The van der Waals surface area contributed by atoms with Gasteiger partial charge in [0.25, 0.3) is 0 Å². The van der Waals surface area contributed by atoms with Crippen LogP contribution in [0.1, 0.15) is 18.4 Å². The topological polar surface area (TPSA) is 48.2 Å². The molecule has 0 atom stereocenters. The van der Waals surface area contributed by atoms with Gasteiger partial charge in [-0.05, 0) is 24.3 Å². The minimum absolute atomic E-state index is 0.0999. The molecule has 2 saturated heterocycles. The average molecular weight is 399 g/mol. The van der Waals surface area contributed by atoms with Gasteiger partial charge in [-0.1, -0.05) is 24.3 Å². The predicted octanol–water partition coefficient (Wildman–Crippen LogP) is 1.68. The summed E-state index contributed by atoms with van der Waals surface area (Å²) < 4.78 is 14.0. The third kappa shape index (κ3) is 4.70. The van der Waals surface area contributed by atoms with E-state index in [4.69, 9.17) is 0 Å². The molecule has 4 rings (SSSR count). The second-order valence-corrected chi connectivity index (χ2v) is 8.13. The van der Waals surface area contributed by atoms with Crippen molar-refractivity contribution in [1.29, 1.82) is 0 Å². The number of benzene rings is 2. The highest BCUT2D eigenvalue weighted by Gasteiger charge is 2.32. The van der Waals surface area contributed by atoms with Crippen molar-refractivity contribution < 1.29 is 19.2 Å². The number of hydrogen-bond donors (Lipinski definition) is 2. The quantitative estimate of drug-likeness (QED) is 0.824. The van der Waals surface area contributed by atoms with Gasteiger partial charge in [0.05, 0.1) is 18.8 Å². The van der Waals surface area contributed by atoms with Crippen molar-refractivity contribution >= 4 is 11.6 Å². The summed E-state index contributed by atoms with van der Waals surface area (Å²) in [6.45, 7) is 5.49. The Morgan fingerprint density at radius 2 is 1.76 bits per heavy atom. The van der Waals surface area contributed by atoms with E-state index < -0.39 is 0 Å². The fourth-order valence-corrected chi connectivity index (χ4v) is 4.54. The smallest absolute Gasteiger partial charge is 0.226 e. The van der Waals surface area contributed by atoms with Gasteiger partial charge in [0.2, 0.25) is 5.91 Å². The summed E-state index contributed by atoms with van der Waals surface area (Å²) in [4.78, 5) is 18.4. The number of carbonyl (C=O) groups excluding carboxylic acids is 1. The number of aromatic hydroxyl groups is 1. The Hall–Kier alpha value is -2.60. The van der Waals surface area contributed by atoms with E-state index in [9.17, 15) is 14.3 Å². The van der Waals surface area contributed by atoms with E-state index in [1.54, 1.807) is 18.2 Å². The van der Waals surface area contributed by atoms with E-state index >= 15 is 0 Å². The molecule has 2 fully saturated rings. The van der Waals surface area contributed by atoms with E-state index in [-0.39, 0.29) is 17.6 Å². The number of para-hydroxylation sites is 1. The number of hydrogen-bond acceptors (Lipinski definition) is 3. The number of quaternary nitrogens is 1. The van der Waals surface area contributed by atoms with E-state index in [1.165, 1.54) is 11.0 Å². The zero-order chi connectivity index (χ0) is 20.2. The highest BCUT2D eigenvalue weighted by molar-refractivity contribution is 5.79. The van der Waals surface area contributed by atoms with E-state index in [1.807, 2.05) is 34.1 Å². The third-order valence-corrected chi connectivity index (χ3v) is 6.19. The maximum atomic E-state index is 14.0. The SMILES string of the molecule is O=C(C1CC[NH+](Cc2cccc(O)c2)CC1)N1CCN(c2ccccc2F)CC1. The summed E-state index contributed by atoms with van der Waals surface area (Å²) in [5.74, 6) is 0.466. The van der Waals surface area contributed by atoms with Crippen LogP contribution in [0, 0.1) is 11.7 Å². The number of phenols is 1. The fourth-order valence-electron chi connectivity index (χ4n) is 4.54. The van der Waals surface area contributed by atoms with Crippen LogP contribution in [0.4, 0.5) is 10.1 Å². The van der Waals surface area contributed by atoms with Gasteiger partial charge in [-0.25, -0.2) is 4.39 Å². The molecular weight excluding hydrogens is 369 g/mol. The highest BCUT2D eigenvalue weighted by atomic mass is 19.1. The first-order chi connectivity index (χ1) is 14.1. The van der Waals surface area contributed by atoms with Gasteiger partial charge in [0.1, 0.15) is 18.1 Å². The summed E-state index contributed by atoms with van der Waals surface area (Å²) in [6, 6.07) is 14.3. The zero-order valence-electron chi connectivity index (χ0n) is 16.7. The Bertz CT molecular complexity index is 844. The molecule has 0 unspecified atom stereocenters. The average Bonchev–Trinajstić information content (AvgIpc) is 2.74. The van der Waals surface area contributed by atoms with Gasteiger partial charge in [0.15, 0.2) is 0 Å². The van der Waals surface area contributed by atoms with Crippen LogP contribution in [0.2, 0.25) is 0 Å². The van der Waals surface area contributed by atoms with Crippen LogP contribution in [-0.2, 0) is 11.3 Å². The lowest BCUT2D eigenvalue weighted by Gasteiger charge is -2.38. The largest absolute Gasteiger partial charge is 0.508 e. The monoisotopic (exact) mass is 398 g/mol. The molecule has 2 N–H and O–H groups in total. The molecule has 0 aromatic heterocycles. The molecule has 0 bridgehead atoms. The summed E-state index contributed by atoms with van der Waals surface area (Å²) in [5, 5.41) is 9.62. The highest BCUT2D eigenvalue weighted by Crippen LogP contribution is 2.22. The summed E-state index contributed by atoms with van der Waals surface area (Å²) in [6.07, 6.45) is 1.81. The minimum Gasteiger partial charge on any atom is -0.508 e. The van der Waals surface area contributed by atoms with Crippen molar-refractivity contribution in [2.75, 3.05) is 44.2 Å². The Kier molecular flexibility index (Phi) is 6.00. The Balaban J connectivity index is 1.25. The van der Waals surface area contributed by atoms with Crippen LogP contribution in [0.5, 0.6) is 5.75 Å². The normalized spacial score (nSPS) is 22.5. The van der Waals surface area contributed by atoms with Crippen LogP contribution < -0.4 is 9.80 Å². The molecule has 29 heavy (non-hydrogen) atoms. The van der Waals surface area contributed by atoms with Crippen molar-refractivity contribution in [3.8, 4) is 5.75 Å². The van der Waals surface area contributed by atoms with Crippen LogP contribution in [0.3, 0.4) is 0 Å². The number of halogens is 1. The Morgan fingerprint density at radius 3 is 2.45 bits per heavy atom. The molecule has 1 amide bonds. The molecule has 2 aliphatic heterocycles. The summed E-state index contributed by atoms with van der Waals surface area (Å²) in [5.41, 5.74) is 1.76. The van der Waals surface area contributed by atoms with Gasteiger partial charge < -0.3 is 19.8 Å². The molecule has 2 aromatic carbocycles. The first kappa shape index (κ1) is 19.7. The van der Waals surface area contributed by atoms with Gasteiger partial charge in [-0.15, -0.1) is 0 Å². The van der Waals surface area contributed by atoms with Crippen molar-refractivity contribution in [2.45, 2.75) is 19.4 Å². The van der Waals surface area contributed by atoms with Crippen molar-refractivity contribution in [3.05, 3.63) is 59.9 Å². The van der Waals surface area contributed by atoms with Gasteiger partial charge in [-0.3, -0.25) is 4.79 Å². The number of nitrogens with one attached hydrogen (secondary N) is 1. The lowest BCUT2D eigenvalue weighted by atomic mass is 9.94. The number of likely N-dealkylation sites (tertiary alicyclic amines) is 1. The van der Waals surface area contributed by atoms with Crippen LogP contribution >= 0.6 is 0 Å². The van der Waals surface area contributed by atoms with Gasteiger partial charge >= 0.3 is 0 Å². The number of rotatable bonds is 4. The second kappa shape index (κ2) is 8.82. The van der Waals surface area contributed by atoms with Crippen molar-refractivity contribution in [2.24, 2.45) is 5.92 Å². The first-order valence-corrected chi connectivity index (χ1v) is 10.5. The minimum atomic E-state index is -0.200. The van der Waals surface area contributed by atoms with E-state index in [0.29, 0.717) is 37.6 Å². The molecule has 0 aliphatic carbocycles. The fraction of sp³-hybridized carbons (Fsp3) is 0.435. The molecular formula is C23H29FN3O2+. The molecule has 2 aromatic rings. The molecule has 2 heterocycles. The lowest BCUT2D eigenvalue weighted by Crippen LogP contribution is -3.11. The summed E-state index contributed by atoms with van der Waals surface area (Å²) in [7, 11) is 0. The molecule has 0 spiro atoms. The van der Waals surface area contributed by atoms with E-state index in [2.05, 4.69) is 0 Å². The number of carbonyl (C=O) groups is 1. The summed E-state index contributed by atoms with van der Waals surface area (Å²) >= 11 is 0. The van der Waals surface area contributed by atoms with Crippen LogP contribution in [-0.4, -0.2) is 55.2 Å². The maximum Gasteiger partial charge on any atom is 0.226 e. The molecule has 0 radical (unpaired) electrons. The number of piperidine rings is 1. The van der Waals surface area contributed by atoms with E-state index in [0.717, 1.165) is 38.0 Å². The third-order valence-electron chi connectivity index (χ3n) is 6.19. The molecule has 6 heteroatoms. The molecule has 154 valence electrons. The molecule has 0 saturated carbocycles. The number of amides is 1. The number of piperazine rings is 1. The van der Waals surface area contributed by atoms with Gasteiger partial charge in [0, 0.05) is 50.5 Å². The Labute approximate surface area is 171 Å². The number of anilines is 1. The second-order valence-electron chi connectivity index (χ2n) is 8.13. The number of phenolic OH excluding ortho intramolecular Hbond substituents is 1. The standard InChI is InChI=1S/C23H28FN3O2/c24-21-6-1-2-7-22(21)26-12-14-27(15-13-26)23(29)19-8-10-25(11-9-19)17-18-4-3-5-20(28)16-18/h1-7,16,19,28H,8-15,17H2/p+1. The van der Waals surface area contributed by atoms with Crippen molar-refractivity contribution in [3.63, 3.8) is 0 Å². The van der Waals surface area contributed by atoms with Crippen LogP contribution in [0.15, 0.2) is 48.5 Å². The zero-order valence-corrected chi connectivity index (χ0v) is 16.7. The number of nitrogens with zero attached hydrogens (tertiary/aromatic N) is 2. The lowest BCUT2D eigenvalue weighted by molar-refractivity contribution is -0.919.